The number of nitrogen functional groups attached to an aromatic ring is 2. The molecular formula is C42H53N21O11S2. The lowest BCUT2D eigenvalue weighted by molar-refractivity contribution is -0.120. The number of benzene rings is 2. The summed E-state index contributed by atoms with van der Waals surface area (Å²) in [5.41, 5.74) is 19.2. The molecule has 0 radical (unpaired) electrons. The molecule has 2 aromatic carbocycles. The first-order valence-electron chi connectivity index (χ1n) is 22.9. The van der Waals surface area contributed by atoms with E-state index >= 15 is 0 Å². The number of amides is 2. The number of nitrogens with zero attached hydrogens (tertiary/aromatic N) is 10. The second-order valence-electron chi connectivity index (χ2n) is 16.6. The van der Waals surface area contributed by atoms with Crippen LogP contribution in [-0.4, -0.2) is 116 Å². The molecule has 34 heteroatoms. The van der Waals surface area contributed by atoms with Gasteiger partial charge in [0.25, 0.3) is 0 Å². The third kappa shape index (κ3) is 13.7. The van der Waals surface area contributed by atoms with Gasteiger partial charge in [0.2, 0.25) is 11.8 Å². The van der Waals surface area contributed by atoms with Gasteiger partial charge in [-0.2, -0.15) is 31.8 Å². The standard InChI is InChI=1S/C21H27N11O5S.C21H26N10O6S/c22-19-18-21(26-10-25-19)32(11-27-18)17-8-5-12(37-17)9-28-38(35,36)31-16(34)7-6-15(33)13-3-1-2-4-14(13)20(29-23)30-24;22-19-18-21(26-10-25-19)31(11-27-18)17-8-5-12(37-17)9-36-38(34,35)30-16(33)7-6-15(32)13-3-1-2-4-14(13)20(28-23)29-24/h1-4,10-12,17,28H,5-9,23-24H2,(H,29,30)(H,31,34)(H2,22,25,26);1-4,10-12,17H,5-9,23-24H2,(H,28,29)(H,30,33)(H2,22,25,26). The monoisotopic (exact) mass is 1090 g/mol. The summed E-state index contributed by atoms with van der Waals surface area (Å²) in [5, 5.41) is 6.97. The van der Waals surface area contributed by atoms with Gasteiger partial charge in [-0.25, -0.2) is 51.0 Å². The van der Waals surface area contributed by atoms with Gasteiger partial charge in [0.1, 0.15) is 36.1 Å². The molecule has 2 aliphatic heterocycles. The molecule has 0 spiro atoms. The molecule has 8 rings (SSSR count). The number of anilines is 2. The van der Waals surface area contributed by atoms with Crippen molar-refractivity contribution in [3.05, 3.63) is 96.1 Å². The molecule has 4 atom stereocenters. The number of carbonyl (C=O) groups is 4. The van der Waals surface area contributed by atoms with Crippen LogP contribution in [0.15, 0.2) is 84.0 Å². The Balaban J connectivity index is 0.000000221. The summed E-state index contributed by atoms with van der Waals surface area (Å²) in [5.74, 6) is 19.3. The van der Waals surface area contributed by atoms with Crippen molar-refractivity contribution < 1.29 is 49.7 Å². The molecule has 76 heavy (non-hydrogen) atoms. The van der Waals surface area contributed by atoms with E-state index < -0.39 is 75.0 Å². The van der Waals surface area contributed by atoms with Crippen molar-refractivity contribution in [1.29, 1.82) is 0 Å². The van der Waals surface area contributed by atoms with Gasteiger partial charge >= 0.3 is 20.5 Å². The fourth-order valence-electron chi connectivity index (χ4n) is 8.00. The summed E-state index contributed by atoms with van der Waals surface area (Å²) in [4.78, 5) is 74.3. The number of rotatable bonds is 20. The van der Waals surface area contributed by atoms with Gasteiger partial charge in [0.15, 0.2) is 46.2 Å². The van der Waals surface area contributed by atoms with Gasteiger partial charge in [-0.15, -0.1) is 0 Å². The van der Waals surface area contributed by atoms with Gasteiger partial charge in [0, 0.05) is 54.5 Å². The van der Waals surface area contributed by atoms with Gasteiger partial charge in [-0.3, -0.25) is 32.5 Å². The number of hydrogen-bond donors (Lipinski definition) is 11. The highest BCUT2D eigenvalue weighted by atomic mass is 32.2. The number of amidine groups is 2. The van der Waals surface area contributed by atoms with Crippen molar-refractivity contribution in [3.8, 4) is 0 Å². The molecule has 0 saturated carbocycles. The maximum absolute atomic E-state index is 12.7. The number of hydrazine groups is 2. The minimum atomic E-state index is -4.43. The summed E-state index contributed by atoms with van der Waals surface area (Å²) >= 11 is 0. The van der Waals surface area contributed by atoms with Crippen LogP contribution in [0.3, 0.4) is 0 Å². The molecule has 2 aliphatic rings. The van der Waals surface area contributed by atoms with Crippen molar-refractivity contribution >= 4 is 89.5 Å². The van der Waals surface area contributed by atoms with E-state index in [2.05, 4.69) is 55.7 Å². The van der Waals surface area contributed by atoms with Crippen LogP contribution in [0.25, 0.3) is 22.3 Å². The van der Waals surface area contributed by atoms with Crippen molar-refractivity contribution in [2.45, 2.75) is 76.0 Å². The van der Waals surface area contributed by atoms with Crippen LogP contribution in [0, 0.1) is 0 Å². The molecule has 0 bridgehead atoms. The highest BCUT2D eigenvalue weighted by molar-refractivity contribution is 7.88. The zero-order valence-corrected chi connectivity index (χ0v) is 41.7. The zero-order valence-electron chi connectivity index (χ0n) is 40.1. The molecule has 4 unspecified atom stereocenters. The van der Waals surface area contributed by atoms with Gasteiger partial charge in [-0.1, -0.05) is 48.5 Å². The number of Topliss-reactive ketones (excluding diaryl/α,β-unsaturated/α-hetero) is 2. The molecule has 4 aromatic heterocycles. The SMILES string of the molecule is N/N=C(\NN)c1ccccc1C(=O)CCC(=O)NS(=O)(=O)NCC1CCC(n2cnc3c(N)ncnc32)O1.N/N=C(\NN)c1ccccc1C(=O)CCC(=O)NS(=O)(=O)OCC1CCC(n2cnc3c(N)ncnc32)O1. The average molecular weight is 1090 g/mol. The number of aromatic nitrogens is 8. The van der Waals surface area contributed by atoms with Crippen LogP contribution >= 0.6 is 0 Å². The Labute approximate surface area is 432 Å². The van der Waals surface area contributed by atoms with Gasteiger partial charge < -0.3 is 43.5 Å². The van der Waals surface area contributed by atoms with Crippen LogP contribution in [0.1, 0.15) is 95.7 Å². The number of nitrogens with one attached hydrogen (secondary N) is 5. The lowest BCUT2D eigenvalue weighted by atomic mass is 10.00. The number of nitrogens with two attached hydrogens (primary N) is 6. The second kappa shape index (κ2) is 24.8. The van der Waals surface area contributed by atoms with Crippen LogP contribution in [-0.2, 0) is 43.8 Å². The Kier molecular flexibility index (Phi) is 18.0. The van der Waals surface area contributed by atoms with Crippen LogP contribution in [0.2, 0.25) is 0 Å². The number of ether oxygens (including phenoxy) is 2. The predicted molar refractivity (Wildman–Crippen MR) is 270 cm³/mol. The van der Waals surface area contributed by atoms with Crippen LogP contribution < -0.4 is 59.9 Å². The Morgan fingerprint density at radius 3 is 1.54 bits per heavy atom. The van der Waals surface area contributed by atoms with Crippen molar-refractivity contribution in [1.82, 2.24) is 64.1 Å². The van der Waals surface area contributed by atoms with Gasteiger partial charge in [0.05, 0.1) is 31.5 Å². The van der Waals surface area contributed by atoms with Crippen molar-refractivity contribution in [2.24, 2.45) is 33.6 Å². The summed E-state index contributed by atoms with van der Waals surface area (Å²) < 4.78 is 75.4. The Bertz CT molecular complexity index is 3170. The van der Waals surface area contributed by atoms with E-state index in [1.807, 2.05) is 4.72 Å². The first-order chi connectivity index (χ1) is 36.4. The first-order valence-corrected chi connectivity index (χ1v) is 25.7. The fourth-order valence-corrected chi connectivity index (χ4v) is 9.65. The number of imidazole rings is 2. The Hall–Kier alpha value is -8.38. The molecule has 2 amide bonds. The third-order valence-electron chi connectivity index (χ3n) is 11.6. The summed E-state index contributed by atoms with van der Waals surface area (Å²) in [6.07, 6.45) is 4.75. The topological polar surface area (TPSA) is 492 Å². The van der Waals surface area contributed by atoms with E-state index in [0.29, 0.717) is 59.1 Å². The number of hydrogen-bond acceptors (Lipinski definition) is 25. The molecule has 6 heterocycles. The summed E-state index contributed by atoms with van der Waals surface area (Å²) in [6.45, 7) is -0.384. The van der Waals surface area contributed by atoms with E-state index in [0.717, 1.165) is 0 Å². The van der Waals surface area contributed by atoms with Crippen LogP contribution in [0.4, 0.5) is 11.6 Å². The molecule has 2 saturated heterocycles. The third-order valence-corrected chi connectivity index (χ3v) is 13.6. The Morgan fingerprint density at radius 2 is 1.07 bits per heavy atom. The fraction of sp³-hybridized carbons (Fsp3) is 0.333. The molecule has 17 N–H and O–H groups in total. The largest absolute Gasteiger partial charge is 0.382 e. The smallest absolute Gasteiger partial charge is 0.362 e. The molecule has 6 aromatic rings. The maximum atomic E-state index is 12.7. The Morgan fingerprint density at radius 1 is 0.618 bits per heavy atom. The maximum Gasteiger partial charge on any atom is 0.362 e. The highest BCUT2D eigenvalue weighted by Gasteiger charge is 2.32. The number of fused-ring (bicyclic) bond motifs is 2. The minimum Gasteiger partial charge on any atom is -0.382 e. The molecule has 404 valence electrons. The molecule has 32 nitrogen and oxygen atoms in total. The normalized spacial score (nSPS) is 18.0. The number of hydrazone groups is 2. The van der Waals surface area contributed by atoms with E-state index in [1.54, 1.807) is 56.6 Å². The minimum absolute atomic E-state index is 0.0670. The van der Waals surface area contributed by atoms with E-state index in [1.165, 1.54) is 31.1 Å². The van der Waals surface area contributed by atoms with Crippen molar-refractivity contribution in [2.75, 3.05) is 24.6 Å². The average Bonchev–Trinajstić information content (AvgIpc) is 4.25. The van der Waals surface area contributed by atoms with Crippen molar-refractivity contribution in [3.63, 3.8) is 0 Å². The zero-order chi connectivity index (χ0) is 54.6. The number of carbonyl (C=O) groups excluding carboxylic acids is 4. The molecule has 0 aliphatic carbocycles. The lowest BCUT2D eigenvalue weighted by Gasteiger charge is -2.16. The van der Waals surface area contributed by atoms with E-state index in [9.17, 15) is 36.0 Å². The second-order valence-corrected chi connectivity index (χ2v) is 19.4. The quantitative estimate of drug-likeness (QED) is 0.0129. The molecular weight excluding hydrogens is 1040 g/mol. The number of ketones is 2. The first kappa shape index (κ1) is 55.4. The summed E-state index contributed by atoms with van der Waals surface area (Å²) in [6, 6.07) is 12.8. The summed E-state index contributed by atoms with van der Waals surface area (Å²) in [7, 11) is -8.61. The van der Waals surface area contributed by atoms with E-state index in [-0.39, 0.29) is 66.8 Å². The highest BCUT2D eigenvalue weighted by Crippen LogP contribution is 2.32. The van der Waals surface area contributed by atoms with E-state index in [4.69, 9.17) is 48.5 Å². The van der Waals surface area contributed by atoms with Gasteiger partial charge in [-0.05, 0) is 25.7 Å². The lowest BCUT2D eigenvalue weighted by Crippen LogP contribution is -2.43. The predicted octanol–water partition coefficient (Wildman–Crippen LogP) is -2.01. The molecule has 2 fully saturated rings. The van der Waals surface area contributed by atoms with Crippen LogP contribution in [0.5, 0.6) is 0 Å².